The molecular formula is C21H18ClF3N4O2. The van der Waals surface area contributed by atoms with Gasteiger partial charge in [0.2, 0.25) is 0 Å². The van der Waals surface area contributed by atoms with E-state index >= 15 is 0 Å². The highest BCUT2D eigenvalue weighted by atomic mass is 35.5. The van der Waals surface area contributed by atoms with Crippen LogP contribution in [0, 0.1) is 0 Å². The number of nitrogens with one attached hydrogen (secondary N) is 2. The SMILES string of the molecule is NC(=O)c1[nH]ncc1NCc1cccc(CC(=O)Cc2cc(C(F)(F)F)ccc2Cl)c1. The maximum Gasteiger partial charge on any atom is 0.416 e. The Morgan fingerprint density at radius 3 is 2.55 bits per heavy atom. The number of anilines is 1. The fourth-order valence-corrected chi connectivity index (χ4v) is 3.23. The van der Waals surface area contributed by atoms with E-state index in [0.29, 0.717) is 17.8 Å². The summed E-state index contributed by atoms with van der Waals surface area (Å²) >= 11 is 5.98. The summed E-state index contributed by atoms with van der Waals surface area (Å²) in [6.45, 7) is 0.349. The van der Waals surface area contributed by atoms with Gasteiger partial charge >= 0.3 is 6.18 Å². The fraction of sp³-hybridized carbons (Fsp3) is 0.190. The zero-order chi connectivity index (χ0) is 22.6. The molecule has 0 saturated heterocycles. The Kier molecular flexibility index (Phi) is 6.65. The van der Waals surface area contributed by atoms with Crippen molar-refractivity contribution in [3.8, 4) is 0 Å². The number of rotatable bonds is 8. The third kappa shape index (κ3) is 5.85. The molecule has 0 aliphatic carbocycles. The number of ketones is 1. The molecule has 0 spiro atoms. The number of benzene rings is 2. The minimum atomic E-state index is -4.51. The zero-order valence-electron chi connectivity index (χ0n) is 16.1. The van der Waals surface area contributed by atoms with Gasteiger partial charge in [0.1, 0.15) is 11.5 Å². The average molecular weight is 451 g/mol. The fourth-order valence-electron chi connectivity index (χ4n) is 3.04. The Morgan fingerprint density at radius 1 is 1.10 bits per heavy atom. The standard InChI is InChI=1S/C21H18ClF3N4O2/c22-17-5-4-15(21(23,24)25)8-14(17)9-16(30)7-12-2-1-3-13(6-12)10-27-18-11-28-29-19(18)20(26)31/h1-6,8,11,27H,7,9-10H2,(H2,26,31)(H,28,29). The molecule has 6 nitrogen and oxygen atoms in total. The largest absolute Gasteiger partial charge is 0.416 e. The molecular weight excluding hydrogens is 433 g/mol. The predicted octanol–water partition coefficient (Wildman–Crippen LogP) is 4.15. The molecule has 4 N–H and O–H groups in total. The van der Waals surface area contributed by atoms with Crippen molar-refractivity contribution in [2.24, 2.45) is 5.73 Å². The van der Waals surface area contributed by atoms with Crippen molar-refractivity contribution < 1.29 is 22.8 Å². The molecule has 0 fully saturated rings. The number of amides is 1. The molecule has 0 saturated carbocycles. The van der Waals surface area contributed by atoms with E-state index in [2.05, 4.69) is 15.5 Å². The Balaban J connectivity index is 1.65. The van der Waals surface area contributed by atoms with Gasteiger partial charge in [-0.3, -0.25) is 14.7 Å². The van der Waals surface area contributed by atoms with Gasteiger partial charge in [-0.05, 0) is 34.9 Å². The molecule has 0 aliphatic heterocycles. The van der Waals surface area contributed by atoms with Crippen molar-refractivity contribution in [1.29, 1.82) is 0 Å². The number of H-pyrrole nitrogens is 1. The van der Waals surface area contributed by atoms with E-state index in [0.717, 1.165) is 23.8 Å². The Labute approximate surface area is 180 Å². The maximum atomic E-state index is 12.9. The number of nitrogens with two attached hydrogens (primary N) is 1. The predicted molar refractivity (Wildman–Crippen MR) is 110 cm³/mol. The number of halogens is 4. The van der Waals surface area contributed by atoms with Crippen LogP contribution in [-0.4, -0.2) is 21.9 Å². The number of primary amides is 1. The smallest absolute Gasteiger partial charge is 0.378 e. The highest BCUT2D eigenvalue weighted by Gasteiger charge is 2.31. The second-order valence-corrected chi connectivity index (χ2v) is 7.30. The lowest BCUT2D eigenvalue weighted by Gasteiger charge is -2.11. The van der Waals surface area contributed by atoms with E-state index in [4.69, 9.17) is 17.3 Å². The Bertz CT molecular complexity index is 1110. The first-order chi connectivity index (χ1) is 14.6. The first-order valence-corrected chi connectivity index (χ1v) is 9.53. The number of alkyl halides is 3. The summed E-state index contributed by atoms with van der Waals surface area (Å²) in [5, 5.41) is 9.42. The molecule has 0 radical (unpaired) electrons. The van der Waals surface area contributed by atoms with Crippen LogP contribution in [0.4, 0.5) is 18.9 Å². The number of carbonyl (C=O) groups is 2. The minimum Gasteiger partial charge on any atom is -0.378 e. The number of nitrogens with zero attached hydrogens (tertiary/aromatic N) is 1. The van der Waals surface area contributed by atoms with Crippen LogP contribution >= 0.6 is 11.6 Å². The van der Waals surface area contributed by atoms with Gasteiger partial charge in [-0.15, -0.1) is 0 Å². The third-order valence-electron chi connectivity index (χ3n) is 4.52. The quantitative estimate of drug-likeness (QED) is 0.480. The van der Waals surface area contributed by atoms with Crippen LogP contribution in [0.3, 0.4) is 0 Å². The number of carbonyl (C=O) groups excluding carboxylic acids is 2. The second kappa shape index (κ2) is 9.22. The Hall–Kier alpha value is -3.33. The van der Waals surface area contributed by atoms with Crippen LogP contribution in [0.15, 0.2) is 48.7 Å². The lowest BCUT2D eigenvalue weighted by molar-refractivity contribution is -0.137. The lowest BCUT2D eigenvalue weighted by Crippen LogP contribution is -2.14. The van der Waals surface area contributed by atoms with Crippen molar-refractivity contribution in [3.05, 3.63) is 81.6 Å². The van der Waals surface area contributed by atoms with Gasteiger partial charge < -0.3 is 11.1 Å². The molecule has 0 atom stereocenters. The molecule has 0 unspecified atom stereocenters. The number of hydrogen-bond acceptors (Lipinski definition) is 4. The Morgan fingerprint density at radius 2 is 1.84 bits per heavy atom. The summed E-state index contributed by atoms with van der Waals surface area (Å²) in [6, 6.07) is 10.1. The van der Waals surface area contributed by atoms with Crippen molar-refractivity contribution in [3.63, 3.8) is 0 Å². The molecule has 10 heteroatoms. The van der Waals surface area contributed by atoms with Gasteiger partial charge in [0.15, 0.2) is 0 Å². The van der Waals surface area contributed by atoms with Gasteiger partial charge in [-0.1, -0.05) is 35.9 Å². The van der Waals surface area contributed by atoms with Gasteiger partial charge in [0.05, 0.1) is 17.4 Å². The van der Waals surface area contributed by atoms with E-state index in [1.165, 1.54) is 6.20 Å². The van der Waals surface area contributed by atoms with Crippen molar-refractivity contribution in [2.45, 2.75) is 25.6 Å². The monoisotopic (exact) mass is 450 g/mol. The molecule has 2 aromatic carbocycles. The third-order valence-corrected chi connectivity index (χ3v) is 4.89. The van der Waals surface area contributed by atoms with Gasteiger partial charge in [-0.2, -0.15) is 18.3 Å². The second-order valence-electron chi connectivity index (χ2n) is 6.89. The molecule has 1 amide bonds. The van der Waals surface area contributed by atoms with E-state index in [9.17, 15) is 22.8 Å². The van der Waals surface area contributed by atoms with Crippen LogP contribution in [-0.2, 0) is 30.4 Å². The van der Waals surface area contributed by atoms with Crippen molar-refractivity contribution in [1.82, 2.24) is 10.2 Å². The molecule has 0 bridgehead atoms. The van der Waals surface area contributed by atoms with Crippen LogP contribution in [0.25, 0.3) is 0 Å². The van der Waals surface area contributed by atoms with E-state index < -0.39 is 17.6 Å². The first-order valence-electron chi connectivity index (χ1n) is 9.15. The van der Waals surface area contributed by atoms with Crippen LogP contribution in [0.5, 0.6) is 0 Å². The summed E-state index contributed by atoms with van der Waals surface area (Å²) < 4.78 is 38.7. The summed E-state index contributed by atoms with van der Waals surface area (Å²) in [5.74, 6) is -0.912. The number of hydrogen-bond donors (Lipinski definition) is 3. The maximum absolute atomic E-state index is 12.9. The average Bonchev–Trinajstić information content (AvgIpc) is 3.16. The van der Waals surface area contributed by atoms with Crippen LogP contribution < -0.4 is 11.1 Å². The molecule has 3 aromatic rings. The summed E-state index contributed by atoms with van der Waals surface area (Å²) in [4.78, 5) is 23.8. The minimum absolute atomic E-state index is 0.0403. The van der Waals surface area contributed by atoms with Crippen molar-refractivity contribution >= 4 is 29.0 Å². The molecule has 0 aliphatic rings. The number of Topliss-reactive ketones (excluding diaryl/α,β-unsaturated/α-hetero) is 1. The molecule has 31 heavy (non-hydrogen) atoms. The topological polar surface area (TPSA) is 101 Å². The highest BCUT2D eigenvalue weighted by Crippen LogP contribution is 2.32. The van der Waals surface area contributed by atoms with Gasteiger partial charge in [0, 0.05) is 24.4 Å². The highest BCUT2D eigenvalue weighted by molar-refractivity contribution is 6.31. The first kappa shape index (κ1) is 22.4. The summed E-state index contributed by atoms with van der Waals surface area (Å²) in [7, 11) is 0. The molecule has 3 rings (SSSR count). The van der Waals surface area contributed by atoms with Crippen LogP contribution in [0.2, 0.25) is 5.02 Å². The summed E-state index contributed by atoms with van der Waals surface area (Å²) in [6.07, 6.45) is -3.24. The van der Waals surface area contributed by atoms with Gasteiger partial charge in [-0.25, -0.2) is 0 Å². The summed E-state index contributed by atoms with van der Waals surface area (Å²) in [5.41, 5.74) is 6.69. The molecule has 162 valence electrons. The van der Waals surface area contributed by atoms with Crippen molar-refractivity contribution in [2.75, 3.05) is 5.32 Å². The van der Waals surface area contributed by atoms with E-state index in [1.807, 2.05) is 6.07 Å². The van der Waals surface area contributed by atoms with E-state index in [1.54, 1.807) is 18.2 Å². The number of aromatic amines is 1. The number of aromatic nitrogens is 2. The normalized spacial score (nSPS) is 11.4. The lowest BCUT2D eigenvalue weighted by atomic mass is 10.00. The van der Waals surface area contributed by atoms with E-state index in [-0.39, 0.29) is 34.9 Å². The zero-order valence-corrected chi connectivity index (χ0v) is 16.8. The molecule has 1 heterocycles. The molecule has 1 aromatic heterocycles. The van der Waals surface area contributed by atoms with Crippen LogP contribution in [0.1, 0.15) is 32.7 Å². The van der Waals surface area contributed by atoms with Gasteiger partial charge in [0.25, 0.3) is 5.91 Å².